The lowest BCUT2D eigenvalue weighted by Gasteiger charge is -2.10. The highest BCUT2D eigenvalue weighted by molar-refractivity contribution is 8.00. The van der Waals surface area contributed by atoms with E-state index in [-0.39, 0.29) is 18.2 Å². The number of rotatable bonds is 7. The van der Waals surface area contributed by atoms with Crippen molar-refractivity contribution in [1.29, 1.82) is 0 Å². The highest BCUT2D eigenvalue weighted by atomic mass is 32.2. The van der Waals surface area contributed by atoms with Gasteiger partial charge in [0.25, 0.3) is 0 Å². The van der Waals surface area contributed by atoms with E-state index in [4.69, 9.17) is 0 Å². The van der Waals surface area contributed by atoms with Crippen LogP contribution in [0.5, 0.6) is 0 Å². The molecule has 0 radical (unpaired) electrons. The first-order valence-electron chi connectivity index (χ1n) is 8.55. The maximum Gasteiger partial charge on any atom is 0.239 e. The molecule has 0 aliphatic heterocycles. The number of aryl methyl sites for hydroxylation is 1. The van der Waals surface area contributed by atoms with E-state index in [0.29, 0.717) is 16.1 Å². The zero-order valence-electron chi connectivity index (χ0n) is 15.7. The van der Waals surface area contributed by atoms with Crippen molar-refractivity contribution in [3.63, 3.8) is 0 Å². The smallest absolute Gasteiger partial charge is 0.239 e. The molecule has 0 aliphatic rings. The van der Waals surface area contributed by atoms with Crippen LogP contribution < -0.4 is 10.6 Å². The first kappa shape index (κ1) is 20.0. The molecule has 3 aromatic rings. The summed E-state index contributed by atoms with van der Waals surface area (Å²) in [6.45, 7) is 3.66. The van der Waals surface area contributed by atoms with E-state index >= 15 is 0 Å². The summed E-state index contributed by atoms with van der Waals surface area (Å²) in [4.78, 5) is 28.8. The Morgan fingerprint density at radius 1 is 1.21 bits per heavy atom. The highest BCUT2D eigenvalue weighted by Gasteiger charge is 2.20. The van der Waals surface area contributed by atoms with Crippen molar-refractivity contribution in [2.24, 2.45) is 7.05 Å². The molecule has 3 rings (SSSR count). The van der Waals surface area contributed by atoms with Crippen molar-refractivity contribution < 1.29 is 9.59 Å². The number of thioether (sulfide) groups is 1. The van der Waals surface area contributed by atoms with Crippen LogP contribution >= 0.6 is 23.1 Å². The maximum atomic E-state index is 12.3. The minimum absolute atomic E-state index is 0.0952. The summed E-state index contributed by atoms with van der Waals surface area (Å²) in [6, 6.07) is 9.23. The minimum atomic E-state index is -0.391. The normalized spacial score (nSPS) is 11.8. The van der Waals surface area contributed by atoms with E-state index in [1.807, 2.05) is 42.6 Å². The van der Waals surface area contributed by atoms with Crippen LogP contribution in [0.1, 0.15) is 18.4 Å². The van der Waals surface area contributed by atoms with Crippen LogP contribution in [0.15, 0.2) is 40.9 Å². The van der Waals surface area contributed by atoms with Crippen molar-refractivity contribution in [1.82, 2.24) is 19.7 Å². The standard InChI is InChI=1S/C18H20N6O2S2/c1-11-10-27-17(19-11)21-16(26)12(2)28-18-23-22-14(24(18)3)9-15(25)20-13-7-5-4-6-8-13/h4-8,10,12H,9H2,1-3H3,(H,20,25)(H,19,21,26)/t12-/m0/s1. The Bertz CT molecular complexity index is 970. The molecule has 1 atom stereocenters. The number of carbonyl (C=O) groups excluding carboxylic acids is 2. The summed E-state index contributed by atoms with van der Waals surface area (Å²) in [5.41, 5.74) is 1.60. The van der Waals surface area contributed by atoms with Gasteiger partial charge in [-0.05, 0) is 26.0 Å². The van der Waals surface area contributed by atoms with Crippen LogP contribution in [-0.2, 0) is 23.1 Å². The molecule has 0 unspecified atom stereocenters. The van der Waals surface area contributed by atoms with Gasteiger partial charge in [0.2, 0.25) is 11.8 Å². The van der Waals surface area contributed by atoms with E-state index in [9.17, 15) is 9.59 Å². The number of aromatic nitrogens is 4. The molecule has 0 saturated heterocycles. The second-order valence-electron chi connectivity index (χ2n) is 6.09. The molecule has 146 valence electrons. The third-order valence-electron chi connectivity index (χ3n) is 3.80. The third kappa shape index (κ3) is 5.17. The van der Waals surface area contributed by atoms with E-state index < -0.39 is 5.25 Å². The Kier molecular flexibility index (Phi) is 6.42. The number of nitrogens with zero attached hydrogens (tertiary/aromatic N) is 4. The fraction of sp³-hybridized carbons (Fsp3) is 0.278. The number of hydrogen-bond donors (Lipinski definition) is 2. The number of amides is 2. The zero-order chi connectivity index (χ0) is 20.1. The van der Waals surface area contributed by atoms with Gasteiger partial charge in [0.1, 0.15) is 5.82 Å². The van der Waals surface area contributed by atoms with Gasteiger partial charge in [-0.15, -0.1) is 21.5 Å². The van der Waals surface area contributed by atoms with Gasteiger partial charge >= 0.3 is 0 Å². The molecule has 1 aromatic carbocycles. The summed E-state index contributed by atoms with van der Waals surface area (Å²) >= 11 is 2.67. The molecule has 10 heteroatoms. The molecule has 0 saturated carbocycles. The average molecular weight is 417 g/mol. The van der Waals surface area contributed by atoms with E-state index in [0.717, 1.165) is 11.4 Å². The summed E-state index contributed by atoms with van der Waals surface area (Å²) in [7, 11) is 1.78. The van der Waals surface area contributed by atoms with Crippen LogP contribution in [0.3, 0.4) is 0 Å². The second-order valence-corrected chi connectivity index (χ2v) is 8.26. The lowest BCUT2D eigenvalue weighted by Crippen LogP contribution is -2.23. The monoisotopic (exact) mass is 416 g/mol. The minimum Gasteiger partial charge on any atom is -0.326 e. The van der Waals surface area contributed by atoms with Crippen LogP contribution in [0.25, 0.3) is 0 Å². The van der Waals surface area contributed by atoms with Crippen molar-refractivity contribution in [3.8, 4) is 0 Å². The summed E-state index contributed by atoms with van der Waals surface area (Å²) in [6.07, 6.45) is 0.0952. The number of para-hydroxylation sites is 1. The molecule has 0 fully saturated rings. The topological polar surface area (TPSA) is 102 Å². The summed E-state index contributed by atoms with van der Waals surface area (Å²) in [5.74, 6) is 0.188. The highest BCUT2D eigenvalue weighted by Crippen LogP contribution is 2.23. The molecule has 0 bridgehead atoms. The number of nitrogens with one attached hydrogen (secondary N) is 2. The SMILES string of the molecule is Cc1csc(NC(=O)[C@H](C)Sc2nnc(CC(=O)Nc3ccccc3)n2C)n1. The van der Waals surface area contributed by atoms with Gasteiger partial charge in [-0.25, -0.2) is 4.98 Å². The molecular weight excluding hydrogens is 396 g/mol. The van der Waals surface area contributed by atoms with Crippen LogP contribution in [0.2, 0.25) is 0 Å². The molecule has 28 heavy (non-hydrogen) atoms. The number of carbonyl (C=O) groups is 2. The molecule has 0 aliphatic carbocycles. The van der Waals surface area contributed by atoms with E-state index in [2.05, 4.69) is 25.8 Å². The Morgan fingerprint density at radius 2 is 1.96 bits per heavy atom. The Balaban J connectivity index is 1.57. The van der Waals surface area contributed by atoms with Crippen LogP contribution in [0, 0.1) is 6.92 Å². The van der Waals surface area contributed by atoms with Gasteiger partial charge < -0.3 is 15.2 Å². The molecule has 8 nitrogen and oxygen atoms in total. The number of hydrogen-bond acceptors (Lipinski definition) is 7. The predicted molar refractivity (Wildman–Crippen MR) is 111 cm³/mol. The first-order valence-corrected chi connectivity index (χ1v) is 10.3. The zero-order valence-corrected chi connectivity index (χ0v) is 17.3. The predicted octanol–water partition coefficient (Wildman–Crippen LogP) is 2.88. The van der Waals surface area contributed by atoms with Crippen LogP contribution in [-0.4, -0.2) is 36.8 Å². The van der Waals surface area contributed by atoms with Gasteiger partial charge in [-0.1, -0.05) is 30.0 Å². The molecule has 2 aromatic heterocycles. The average Bonchev–Trinajstić information content (AvgIpc) is 3.22. The van der Waals surface area contributed by atoms with Crippen molar-refractivity contribution in [2.45, 2.75) is 30.7 Å². The Labute approximate surface area is 170 Å². The fourth-order valence-electron chi connectivity index (χ4n) is 2.30. The lowest BCUT2D eigenvalue weighted by atomic mass is 10.3. The Hall–Kier alpha value is -2.72. The molecule has 2 heterocycles. The molecule has 0 spiro atoms. The maximum absolute atomic E-state index is 12.3. The second kappa shape index (κ2) is 8.98. The molecule has 2 amide bonds. The van der Waals surface area contributed by atoms with E-state index in [1.54, 1.807) is 18.5 Å². The first-order chi connectivity index (χ1) is 13.4. The molecule has 2 N–H and O–H groups in total. The van der Waals surface area contributed by atoms with Gasteiger partial charge in [-0.2, -0.15) is 0 Å². The summed E-state index contributed by atoms with van der Waals surface area (Å²) < 4.78 is 1.73. The molecular formula is C18H20N6O2S2. The van der Waals surface area contributed by atoms with Gasteiger partial charge in [0, 0.05) is 18.1 Å². The lowest BCUT2D eigenvalue weighted by molar-refractivity contribution is -0.116. The van der Waals surface area contributed by atoms with Crippen molar-refractivity contribution in [3.05, 3.63) is 47.2 Å². The van der Waals surface area contributed by atoms with Gasteiger partial charge in [0.15, 0.2) is 10.3 Å². The number of benzene rings is 1. The van der Waals surface area contributed by atoms with E-state index in [1.165, 1.54) is 23.1 Å². The quantitative estimate of drug-likeness (QED) is 0.574. The van der Waals surface area contributed by atoms with Crippen LogP contribution in [0.4, 0.5) is 10.8 Å². The van der Waals surface area contributed by atoms with Gasteiger partial charge in [-0.3, -0.25) is 9.59 Å². The Morgan fingerprint density at radius 3 is 2.64 bits per heavy atom. The third-order valence-corrected chi connectivity index (χ3v) is 5.81. The summed E-state index contributed by atoms with van der Waals surface area (Å²) in [5, 5.41) is 16.4. The fourth-order valence-corrected chi connectivity index (χ4v) is 3.83. The number of thiazole rings is 1. The largest absolute Gasteiger partial charge is 0.326 e. The number of anilines is 2. The van der Waals surface area contributed by atoms with Gasteiger partial charge in [0.05, 0.1) is 17.4 Å². The van der Waals surface area contributed by atoms with Crippen molar-refractivity contribution >= 4 is 45.7 Å². The van der Waals surface area contributed by atoms with Crippen molar-refractivity contribution in [2.75, 3.05) is 10.6 Å².